The van der Waals surface area contributed by atoms with Crippen LogP contribution in [0.15, 0.2) is 150 Å². The number of carbonyl (C=O) groups is 3. The van der Waals surface area contributed by atoms with Crippen molar-refractivity contribution in [2.24, 2.45) is 0 Å². The van der Waals surface area contributed by atoms with E-state index in [1.165, 1.54) is 35.2 Å². The van der Waals surface area contributed by atoms with Crippen LogP contribution in [-0.2, 0) is 9.59 Å². The predicted octanol–water partition coefficient (Wildman–Crippen LogP) is 8.00. The Kier molecular flexibility index (Phi) is 11.0. The molecule has 11 nitrogen and oxygen atoms in total. The Balaban J connectivity index is 1.16. The lowest BCUT2D eigenvalue weighted by Gasteiger charge is -2.17. The number of nitrogens with zero attached hydrogens (tertiary/aromatic N) is 3. The minimum Gasteiger partial charge on any atom is -0.321 e. The number of nitrogens with one attached hydrogen (secondary N) is 3. The first-order chi connectivity index (χ1) is 24.8. The van der Waals surface area contributed by atoms with Gasteiger partial charge in [-0.1, -0.05) is 66.7 Å². The van der Waals surface area contributed by atoms with Gasteiger partial charge in [0.05, 0.1) is 10.6 Å². The van der Waals surface area contributed by atoms with Crippen molar-refractivity contribution in [1.82, 2.24) is 15.3 Å². The minimum absolute atomic E-state index is 0.0342. The number of carbonyl (C=O) groups excluding carboxylic acids is 3. The van der Waals surface area contributed by atoms with Gasteiger partial charge in [-0.15, -0.1) is 23.1 Å². The summed E-state index contributed by atoms with van der Waals surface area (Å²) in [6.07, 6.45) is 4.74. The van der Waals surface area contributed by atoms with Crippen molar-refractivity contribution in [2.75, 3.05) is 10.6 Å². The molecule has 2 aromatic heterocycles. The van der Waals surface area contributed by atoms with Crippen molar-refractivity contribution in [1.29, 1.82) is 0 Å². The van der Waals surface area contributed by atoms with E-state index in [4.69, 9.17) is 0 Å². The summed E-state index contributed by atoms with van der Waals surface area (Å²) in [6, 6.07) is 34.6. The van der Waals surface area contributed by atoms with Crippen LogP contribution in [0.1, 0.15) is 26.7 Å². The number of aromatic nitrogens is 2. The molecule has 2 heterocycles. The number of anilines is 2. The van der Waals surface area contributed by atoms with E-state index in [1.54, 1.807) is 103 Å². The lowest BCUT2D eigenvalue weighted by atomic mass is 10.1. The van der Waals surface area contributed by atoms with Crippen LogP contribution in [0.2, 0.25) is 0 Å². The summed E-state index contributed by atoms with van der Waals surface area (Å²) in [5.74, 6) is -1.27. The van der Waals surface area contributed by atoms with Crippen LogP contribution in [-0.4, -0.2) is 32.6 Å². The van der Waals surface area contributed by atoms with Crippen LogP contribution in [0.4, 0.5) is 16.5 Å². The quantitative estimate of drug-likeness (QED) is 0.0499. The van der Waals surface area contributed by atoms with Crippen LogP contribution < -0.4 is 16.0 Å². The summed E-state index contributed by atoms with van der Waals surface area (Å²) >= 11 is 2.54. The molecule has 1 unspecified atom stereocenters. The summed E-state index contributed by atoms with van der Waals surface area (Å²) in [4.78, 5) is 60.1. The molecule has 0 aliphatic heterocycles. The lowest BCUT2D eigenvalue weighted by Crippen LogP contribution is -2.30. The summed E-state index contributed by atoms with van der Waals surface area (Å²) in [5, 5.41) is 21.1. The van der Waals surface area contributed by atoms with Gasteiger partial charge in [-0.3, -0.25) is 29.5 Å². The zero-order valence-electron chi connectivity index (χ0n) is 26.6. The molecule has 0 spiro atoms. The Labute approximate surface area is 300 Å². The number of rotatable bonds is 12. The number of pyridine rings is 1. The second kappa shape index (κ2) is 16.3. The number of hydrogen-bond donors (Lipinski definition) is 3. The normalized spacial score (nSPS) is 11.6. The maximum atomic E-state index is 13.7. The molecule has 252 valence electrons. The predicted molar refractivity (Wildman–Crippen MR) is 199 cm³/mol. The van der Waals surface area contributed by atoms with E-state index < -0.39 is 22.0 Å². The number of non-ortho nitro benzene ring substituents is 1. The molecule has 0 bridgehead atoms. The van der Waals surface area contributed by atoms with Gasteiger partial charge in [0.15, 0.2) is 5.13 Å². The van der Waals surface area contributed by atoms with Gasteiger partial charge in [0, 0.05) is 51.6 Å². The van der Waals surface area contributed by atoms with Crippen molar-refractivity contribution < 1.29 is 19.3 Å². The van der Waals surface area contributed by atoms with Crippen LogP contribution >= 0.6 is 23.1 Å². The summed E-state index contributed by atoms with van der Waals surface area (Å²) in [5.41, 5.74) is 3.35. The number of nitro groups is 1. The van der Waals surface area contributed by atoms with E-state index in [2.05, 4.69) is 25.9 Å². The smallest absolute Gasteiger partial charge is 0.272 e. The van der Waals surface area contributed by atoms with Gasteiger partial charge in [-0.25, -0.2) is 4.98 Å². The molecular weight excluding hydrogens is 685 g/mol. The second-order valence-corrected chi connectivity index (χ2v) is 12.9. The molecule has 6 rings (SSSR count). The van der Waals surface area contributed by atoms with Gasteiger partial charge in [-0.2, -0.15) is 0 Å². The topological polar surface area (TPSA) is 156 Å². The molecule has 6 aromatic rings. The van der Waals surface area contributed by atoms with E-state index in [1.807, 2.05) is 30.3 Å². The molecule has 0 aliphatic rings. The van der Waals surface area contributed by atoms with Crippen LogP contribution in [0.3, 0.4) is 0 Å². The molecule has 0 saturated carbocycles. The SMILES string of the molecule is O=C(Nc1ccc(SC(C(=O)Nc2nc(-c3cccc([N+](=O)[O-])c3)cs2)c2ccccc2)cc1)/C(=C/c1cccnc1)NC(=O)c1ccccc1. The maximum absolute atomic E-state index is 13.7. The van der Waals surface area contributed by atoms with E-state index in [9.17, 15) is 24.5 Å². The molecule has 3 amide bonds. The second-order valence-electron chi connectivity index (χ2n) is 10.9. The van der Waals surface area contributed by atoms with Crippen LogP contribution in [0.5, 0.6) is 0 Å². The third-order valence-corrected chi connectivity index (χ3v) is 9.34. The van der Waals surface area contributed by atoms with Crippen LogP contribution in [0.25, 0.3) is 17.3 Å². The Bertz CT molecular complexity index is 2200. The molecule has 3 N–H and O–H groups in total. The molecule has 0 radical (unpaired) electrons. The lowest BCUT2D eigenvalue weighted by molar-refractivity contribution is -0.384. The highest BCUT2D eigenvalue weighted by molar-refractivity contribution is 8.00. The molecule has 4 aromatic carbocycles. The number of thiazole rings is 1. The highest BCUT2D eigenvalue weighted by Gasteiger charge is 2.24. The first-order valence-corrected chi connectivity index (χ1v) is 17.2. The average Bonchev–Trinajstić information content (AvgIpc) is 3.63. The van der Waals surface area contributed by atoms with Gasteiger partial charge in [0.2, 0.25) is 5.91 Å². The molecule has 13 heteroatoms. The van der Waals surface area contributed by atoms with Gasteiger partial charge in [0.1, 0.15) is 10.9 Å². The molecule has 51 heavy (non-hydrogen) atoms. The third kappa shape index (κ3) is 9.17. The van der Waals surface area contributed by atoms with Crippen molar-refractivity contribution in [3.05, 3.63) is 172 Å². The van der Waals surface area contributed by atoms with Gasteiger partial charge >= 0.3 is 0 Å². The van der Waals surface area contributed by atoms with Gasteiger partial charge in [-0.05, 0) is 59.7 Å². The van der Waals surface area contributed by atoms with Gasteiger partial charge < -0.3 is 16.0 Å². The Morgan fingerprint density at radius 2 is 1.59 bits per heavy atom. The first-order valence-electron chi connectivity index (χ1n) is 15.4. The fraction of sp³-hybridized carbons (Fsp3) is 0.0263. The largest absolute Gasteiger partial charge is 0.321 e. The van der Waals surface area contributed by atoms with Crippen molar-refractivity contribution in [3.8, 4) is 11.3 Å². The number of nitro benzene ring substituents is 1. The summed E-state index contributed by atoms with van der Waals surface area (Å²) in [6.45, 7) is 0. The summed E-state index contributed by atoms with van der Waals surface area (Å²) in [7, 11) is 0. The van der Waals surface area contributed by atoms with Crippen molar-refractivity contribution in [3.63, 3.8) is 0 Å². The highest BCUT2D eigenvalue weighted by Crippen LogP contribution is 2.37. The monoisotopic (exact) mass is 712 g/mol. The molecule has 0 saturated heterocycles. The highest BCUT2D eigenvalue weighted by atomic mass is 32.2. The third-order valence-electron chi connectivity index (χ3n) is 7.32. The molecular formula is C38H28N6O5S2. The zero-order chi connectivity index (χ0) is 35.6. The minimum atomic E-state index is -0.654. The molecule has 0 aliphatic carbocycles. The number of amides is 3. The Morgan fingerprint density at radius 3 is 2.29 bits per heavy atom. The number of hydrogen-bond acceptors (Lipinski definition) is 9. The first kappa shape index (κ1) is 34.4. The van der Waals surface area contributed by atoms with E-state index in [-0.39, 0.29) is 17.3 Å². The summed E-state index contributed by atoms with van der Waals surface area (Å²) < 4.78 is 0. The number of thioether (sulfide) groups is 1. The van der Waals surface area contributed by atoms with E-state index >= 15 is 0 Å². The molecule has 1 atom stereocenters. The zero-order valence-corrected chi connectivity index (χ0v) is 28.3. The standard InChI is InChI=1S/C38H28N6O5S2/c45-35(27-12-5-2-6-13-27)41-32(21-25-9-8-20-39-23-25)36(46)40-29-16-18-31(19-17-29)51-34(26-10-3-1-4-11-26)37(47)43-38-42-33(24-50-38)28-14-7-15-30(22-28)44(48)49/h1-24,34H,(H,40,46)(H,41,45)(H,42,43,47)/b32-21-. The Hall–Kier alpha value is -6.44. The maximum Gasteiger partial charge on any atom is 0.272 e. The van der Waals surface area contributed by atoms with E-state index in [0.29, 0.717) is 33.2 Å². The average molecular weight is 713 g/mol. The van der Waals surface area contributed by atoms with Crippen molar-refractivity contribution >= 4 is 63.4 Å². The fourth-order valence-electron chi connectivity index (χ4n) is 4.84. The Morgan fingerprint density at radius 1 is 0.843 bits per heavy atom. The number of benzene rings is 4. The van der Waals surface area contributed by atoms with E-state index in [0.717, 1.165) is 10.5 Å². The van der Waals surface area contributed by atoms with Gasteiger partial charge in [0.25, 0.3) is 17.5 Å². The van der Waals surface area contributed by atoms with Crippen LogP contribution in [0, 0.1) is 10.1 Å². The fourth-order valence-corrected chi connectivity index (χ4v) is 6.58. The van der Waals surface area contributed by atoms with Crippen molar-refractivity contribution in [2.45, 2.75) is 10.1 Å². The molecule has 0 fully saturated rings.